The first kappa shape index (κ1) is 21.7. The molecular weight excluding hydrogens is 322 g/mol. The number of esters is 1. The Kier molecular flexibility index (Phi) is 9.21. The van der Waals surface area contributed by atoms with Gasteiger partial charge in [-0.25, -0.2) is 4.79 Å². The van der Waals surface area contributed by atoms with E-state index in [-0.39, 0.29) is 24.0 Å². The molecule has 0 radical (unpaired) electrons. The number of nitrogens with one attached hydrogen (secondary N) is 1. The number of carbonyl (C=O) groups excluding carboxylic acids is 2. The van der Waals surface area contributed by atoms with Crippen LogP contribution in [-0.2, 0) is 14.3 Å². The molecule has 0 aromatic carbocycles. The molecule has 25 heavy (non-hydrogen) atoms. The number of nitrogens with zero attached hydrogens (tertiary/aromatic N) is 1. The van der Waals surface area contributed by atoms with E-state index in [2.05, 4.69) is 5.32 Å². The van der Waals surface area contributed by atoms with Gasteiger partial charge in [0.1, 0.15) is 5.60 Å². The van der Waals surface area contributed by atoms with Gasteiger partial charge in [0.05, 0.1) is 12.5 Å². The second kappa shape index (κ2) is 10.6. The van der Waals surface area contributed by atoms with Crippen molar-refractivity contribution in [3.05, 3.63) is 0 Å². The maximum Gasteiger partial charge on any atom is 0.410 e. The number of hydrogen-bond acceptors (Lipinski definition) is 6. The first-order valence-electron chi connectivity index (χ1n) is 9.33. The molecule has 146 valence electrons. The van der Waals surface area contributed by atoms with Gasteiger partial charge in [-0.3, -0.25) is 4.79 Å². The summed E-state index contributed by atoms with van der Waals surface area (Å²) in [6.07, 6.45) is 3.79. The third-order valence-corrected chi connectivity index (χ3v) is 4.03. The number of carbonyl (C=O) groups is 2. The zero-order valence-electron chi connectivity index (χ0n) is 16.2. The van der Waals surface area contributed by atoms with E-state index in [1.807, 2.05) is 27.7 Å². The lowest BCUT2D eigenvalue weighted by Gasteiger charge is -2.32. The first-order chi connectivity index (χ1) is 11.7. The molecule has 7 heteroatoms. The van der Waals surface area contributed by atoms with Crippen LogP contribution in [0.3, 0.4) is 0 Å². The Hall–Kier alpha value is -1.34. The van der Waals surface area contributed by atoms with Gasteiger partial charge < -0.3 is 25.4 Å². The fraction of sp³-hybridized carbons (Fsp3) is 0.889. The quantitative estimate of drug-likeness (QED) is 0.733. The van der Waals surface area contributed by atoms with Crippen molar-refractivity contribution < 1.29 is 19.1 Å². The molecule has 2 unspecified atom stereocenters. The van der Waals surface area contributed by atoms with Gasteiger partial charge in [0, 0.05) is 25.7 Å². The number of nitrogens with two attached hydrogens (primary N) is 1. The van der Waals surface area contributed by atoms with E-state index >= 15 is 0 Å². The lowest BCUT2D eigenvalue weighted by Crippen LogP contribution is -2.47. The fourth-order valence-electron chi connectivity index (χ4n) is 2.82. The van der Waals surface area contributed by atoms with Gasteiger partial charge in [-0.05, 0) is 59.9 Å². The van der Waals surface area contributed by atoms with Crippen molar-refractivity contribution >= 4 is 12.1 Å². The van der Waals surface area contributed by atoms with Crippen LogP contribution in [0.2, 0.25) is 0 Å². The fourth-order valence-corrected chi connectivity index (χ4v) is 2.82. The van der Waals surface area contributed by atoms with E-state index in [9.17, 15) is 9.59 Å². The summed E-state index contributed by atoms with van der Waals surface area (Å²) in [5.41, 5.74) is 5.36. The molecule has 0 spiro atoms. The highest BCUT2D eigenvalue weighted by Crippen LogP contribution is 2.14. The number of hydrogen-bond donors (Lipinski definition) is 2. The minimum atomic E-state index is -0.418. The minimum Gasteiger partial charge on any atom is -0.466 e. The van der Waals surface area contributed by atoms with Gasteiger partial charge in [-0.15, -0.1) is 0 Å². The number of amides is 1. The van der Waals surface area contributed by atoms with Crippen LogP contribution in [0.25, 0.3) is 0 Å². The molecule has 2 saturated heterocycles. The van der Waals surface area contributed by atoms with E-state index < -0.39 is 5.60 Å². The van der Waals surface area contributed by atoms with E-state index in [0.717, 1.165) is 45.3 Å². The van der Waals surface area contributed by atoms with Gasteiger partial charge in [0.15, 0.2) is 0 Å². The standard InChI is InChI=1S/C10H20N2O2.C8H15NO2/c1-10(2,3)14-9(13)12-6-4-5-8(11)7-12;1-2-11-8(10)7-4-3-5-9-6-7/h8H,4-7,11H2,1-3H3;7,9H,2-6H2,1H3. The minimum absolute atomic E-state index is 0.0419. The van der Waals surface area contributed by atoms with E-state index in [0.29, 0.717) is 13.2 Å². The number of piperidine rings is 2. The molecule has 0 aliphatic carbocycles. The Morgan fingerprint density at radius 3 is 2.48 bits per heavy atom. The largest absolute Gasteiger partial charge is 0.466 e. The molecule has 3 N–H and O–H groups in total. The first-order valence-corrected chi connectivity index (χ1v) is 9.33. The summed E-state index contributed by atoms with van der Waals surface area (Å²) in [5, 5.41) is 3.17. The highest BCUT2D eigenvalue weighted by Gasteiger charge is 2.25. The maximum atomic E-state index is 11.6. The Morgan fingerprint density at radius 1 is 1.24 bits per heavy atom. The van der Waals surface area contributed by atoms with Crippen LogP contribution < -0.4 is 11.1 Å². The van der Waals surface area contributed by atoms with Crippen molar-refractivity contribution in [3.8, 4) is 0 Å². The van der Waals surface area contributed by atoms with Crippen molar-refractivity contribution in [1.82, 2.24) is 10.2 Å². The second-order valence-corrected chi connectivity index (χ2v) is 7.62. The Bertz CT molecular complexity index is 417. The molecule has 2 rings (SSSR count). The van der Waals surface area contributed by atoms with Gasteiger partial charge in [0.2, 0.25) is 0 Å². The number of ether oxygens (including phenoxy) is 2. The van der Waals surface area contributed by atoms with Crippen LogP contribution >= 0.6 is 0 Å². The third kappa shape index (κ3) is 9.07. The van der Waals surface area contributed by atoms with Gasteiger partial charge in [-0.1, -0.05) is 0 Å². The summed E-state index contributed by atoms with van der Waals surface area (Å²) >= 11 is 0. The molecule has 1 amide bonds. The molecule has 2 atom stereocenters. The molecule has 0 aromatic heterocycles. The summed E-state index contributed by atoms with van der Waals surface area (Å²) in [6, 6.07) is 0.108. The normalized spacial score (nSPS) is 24.0. The predicted octanol–water partition coefficient (Wildman–Crippen LogP) is 1.89. The maximum absolute atomic E-state index is 11.6. The third-order valence-electron chi connectivity index (χ3n) is 4.03. The molecule has 2 aliphatic heterocycles. The zero-order chi connectivity index (χ0) is 18.9. The van der Waals surface area contributed by atoms with Gasteiger partial charge in [0.25, 0.3) is 0 Å². The van der Waals surface area contributed by atoms with Crippen molar-refractivity contribution in [2.75, 3.05) is 32.8 Å². The Morgan fingerprint density at radius 2 is 1.96 bits per heavy atom. The SMILES string of the molecule is CC(C)(C)OC(=O)N1CCCC(N)C1.CCOC(=O)C1CCCNC1. The van der Waals surface area contributed by atoms with Crippen molar-refractivity contribution in [3.63, 3.8) is 0 Å². The zero-order valence-corrected chi connectivity index (χ0v) is 16.2. The van der Waals surface area contributed by atoms with Crippen LogP contribution in [0, 0.1) is 5.92 Å². The average Bonchev–Trinajstić information content (AvgIpc) is 2.55. The molecule has 0 saturated carbocycles. The Balaban J connectivity index is 0.000000257. The van der Waals surface area contributed by atoms with Crippen molar-refractivity contribution in [2.24, 2.45) is 11.7 Å². The van der Waals surface area contributed by atoms with E-state index in [1.54, 1.807) is 4.90 Å². The molecule has 0 aromatic rings. The highest BCUT2D eigenvalue weighted by atomic mass is 16.6. The monoisotopic (exact) mass is 357 g/mol. The lowest BCUT2D eigenvalue weighted by atomic mass is 10.0. The molecule has 2 fully saturated rings. The van der Waals surface area contributed by atoms with Crippen molar-refractivity contribution in [1.29, 1.82) is 0 Å². The smallest absolute Gasteiger partial charge is 0.410 e. The van der Waals surface area contributed by atoms with E-state index in [1.165, 1.54) is 0 Å². The summed E-state index contributed by atoms with van der Waals surface area (Å²) in [6.45, 7) is 11.2. The van der Waals surface area contributed by atoms with Crippen LogP contribution in [0.5, 0.6) is 0 Å². The van der Waals surface area contributed by atoms with Crippen LogP contribution in [-0.4, -0.2) is 61.4 Å². The average molecular weight is 357 g/mol. The highest BCUT2D eigenvalue weighted by molar-refractivity contribution is 5.72. The summed E-state index contributed by atoms with van der Waals surface area (Å²) < 4.78 is 10.2. The summed E-state index contributed by atoms with van der Waals surface area (Å²) in [4.78, 5) is 24.4. The molecule has 2 aliphatic rings. The summed E-state index contributed by atoms with van der Waals surface area (Å²) in [7, 11) is 0. The summed E-state index contributed by atoms with van der Waals surface area (Å²) in [5.74, 6) is 0.0587. The molecule has 2 heterocycles. The molecular formula is C18H35N3O4. The van der Waals surface area contributed by atoms with Crippen LogP contribution in [0.1, 0.15) is 53.4 Å². The Labute approximate surface area is 151 Å². The number of likely N-dealkylation sites (tertiary alicyclic amines) is 1. The van der Waals surface area contributed by atoms with Crippen LogP contribution in [0.4, 0.5) is 4.79 Å². The second-order valence-electron chi connectivity index (χ2n) is 7.62. The van der Waals surface area contributed by atoms with Gasteiger partial charge in [-0.2, -0.15) is 0 Å². The van der Waals surface area contributed by atoms with Crippen molar-refractivity contribution in [2.45, 2.75) is 65.0 Å². The molecule has 0 bridgehead atoms. The predicted molar refractivity (Wildman–Crippen MR) is 97.2 cm³/mol. The molecule has 7 nitrogen and oxygen atoms in total. The van der Waals surface area contributed by atoms with Gasteiger partial charge >= 0.3 is 12.1 Å². The lowest BCUT2D eigenvalue weighted by molar-refractivity contribution is -0.148. The topological polar surface area (TPSA) is 93.9 Å². The van der Waals surface area contributed by atoms with E-state index in [4.69, 9.17) is 15.2 Å². The number of rotatable bonds is 2. The van der Waals surface area contributed by atoms with Crippen LogP contribution in [0.15, 0.2) is 0 Å².